The first-order valence-corrected chi connectivity index (χ1v) is 13.4. The smallest absolute Gasteiger partial charge is 0.222 e. The van der Waals surface area contributed by atoms with Crippen molar-refractivity contribution in [2.45, 2.75) is 6.92 Å². The van der Waals surface area contributed by atoms with Gasteiger partial charge in [-0.05, 0) is 13.0 Å². The lowest BCUT2D eigenvalue weighted by Gasteiger charge is -2.20. The van der Waals surface area contributed by atoms with Gasteiger partial charge in [-0.25, -0.2) is 9.97 Å². The van der Waals surface area contributed by atoms with E-state index in [0.717, 1.165) is 38.6 Å². The summed E-state index contributed by atoms with van der Waals surface area (Å²) in [7, 11) is 3.57. The van der Waals surface area contributed by atoms with E-state index >= 15 is 0 Å². The molecule has 4 aromatic rings. The number of rotatable bonds is 4. The van der Waals surface area contributed by atoms with Gasteiger partial charge in [-0.2, -0.15) is 10.1 Å². The Morgan fingerprint density at radius 2 is 2.13 bits per heavy atom. The summed E-state index contributed by atoms with van der Waals surface area (Å²) in [6, 6.07) is 4.01. The van der Waals surface area contributed by atoms with Gasteiger partial charge in [0.1, 0.15) is 31.1 Å². The number of nitrogens with one attached hydrogen (secondary N) is 1. The predicted molar refractivity (Wildman–Crippen MR) is 128 cm³/mol. The summed E-state index contributed by atoms with van der Waals surface area (Å²) in [5.41, 5.74) is 10.5. The zero-order valence-corrected chi connectivity index (χ0v) is 19.1. The van der Waals surface area contributed by atoms with Crippen molar-refractivity contribution in [2.24, 2.45) is 15.4 Å². The quantitative estimate of drug-likeness (QED) is 0.382. The number of hydrogen-bond acceptors (Lipinski definition) is 9. The summed E-state index contributed by atoms with van der Waals surface area (Å²) in [6.45, 7) is 2.76. The maximum absolute atomic E-state index is 6.08. The van der Waals surface area contributed by atoms with Crippen molar-refractivity contribution >= 4 is 56.5 Å². The number of aromatic amines is 1. The van der Waals surface area contributed by atoms with Crippen LogP contribution in [0.15, 0.2) is 45.3 Å². The Hall–Kier alpha value is -2.87. The van der Waals surface area contributed by atoms with E-state index in [1.54, 1.807) is 13.6 Å². The van der Waals surface area contributed by atoms with Crippen LogP contribution in [0.5, 0.6) is 0 Å². The molecule has 5 rings (SSSR count). The van der Waals surface area contributed by atoms with Crippen molar-refractivity contribution in [3.05, 3.63) is 36.9 Å². The number of H-pyrrole nitrogens is 1. The molecule has 5 heterocycles. The van der Waals surface area contributed by atoms with E-state index in [4.69, 9.17) is 5.73 Å². The van der Waals surface area contributed by atoms with Crippen molar-refractivity contribution in [1.82, 2.24) is 29.7 Å². The highest BCUT2D eigenvalue weighted by atomic mass is 127. The largest absolute Gasteiger partial charge is 0.368 e. The van der Waals surface area contributed by atoms with Crippen LogP contribution in [0.2, 0.25) is 0 Å². The Labute approximate surface area is 184 Å². The molecule has 0 saturated heterocycles. The Morgan fingerprint density at radius 1 is 1.23 bits per heavy atom. The highest BCUT2D eigenvalue weighted by molar-refractivity contribution is 14.2. The van der Waals surface area contributed by atoms with Gasteiger partial charge in [0.15, 0.2) is 0 Å². The van der Waals surface area contributed by atoms with E-state index in [9.17, 15) is 0 Å². The molecule has 0 atom stereocenters. The zero-order chi connectivity index (χ0) is 20.7. The lowest BCUT2D eigenvalue weighted by molar-refractivity contribution is 0.768. The van der Waals surface area contributed by atoms with Crippen molar-refractivity contribution < 1.29 is 0 Å². The van der Waals surface area contributed by atoms with Gasteiger partial charge >= 0.3 is 0 Å². The number of nitrogen functional groups attached to an aromatic ring is 1. The number of nitrogens with two attached hydrogens (primary N) is 1. The second-order valence-corrected chi connectivity index (χ2v) is 10.1. The van der Waals surface area contributed by atoms with Gasteiger partial charge in [-0.1, -0.05) is 0 Å². The fourth-order valence-electron chi connectivity index (χ4n) is 3.27. The molecule has 0 bridgehead atoms. The number of hydrogen-bond donors (Lipinski definition) is 2. The fraction of sp³-hybridized carbons (Fsp3) is 0.167. The topological polar surface area (TPSA) is 126 Å². The van der Waals surface area contributed by atoms with Crippen LogP contribution in [0.25, 0.3) is 33.4 Å². The number of pyridine rings is 1. The molecular weight excluding hydrogens is 515 g/mol. The average molecular weight is 532 g/mol. The zero-order valence-electron chi connectivity index (χ0n) is 16.1. The van der Waals surface area contributed by atoms with Crippen LogP contribution < -0.4 is 10.6 Å². The first kappa shape index (κ1) is 19.1. The van der Waals surface area contributed by atoms with Gasteiger partial charge in [0.25, 0.3) is 0 Å². The number of aryl methyl sites for hydroxylation is 1. The molecule has 10 nitrogen and oxygen atoms in total. The van der Waals surface area contributed by atoms with Crippen molar-refractivity contribution in [3.63, 3.8) is 0 Å². The van der Waals surface area contributed by atoms with Crippen molar-refractivity contribution in [1.29, 1.82) is 0 Å². The van der Waals surface area contributed by atoms with Gasteiger partial charge in [0, 0.05) is 69.3 Å². The molecule has 0 fully saturated rings. The maximum atomic E-state index is 6.08. The molecule has 30 heavy (non-hydrogen) atoms. The molecule has 0 aliphatic carbocycles. The van der Waals surface area contributed by atoms with Crippen LogP contribution in [0.3, 0.4) is 0 Å². The Morgan fingerprint density at radius 3 is 2.87 bits per heavy atom. The first-order valence-electron chi connectivity index (χ1n) is 9.10. The highest BCUT2D eigenvalue weighted by Gasteiger charge is 2.20. The maximum Gasteiger partial charge on any atom is 0.222 e. The standard InChI is InChI=1S/C18H17IN10S/c1-3-29(18-26-27-19-30-18)15-5-14(24-17(20)25-15)13-8-22-16-12(13)4-10(6-21-16)11-7-23-28(2)9-11/h4-9H,3H2,1-2H3,(H,21,22)(H2,20,24,25). The Balaban J connectivity index is 1.60. The van der Waals surface area contributed by atoms with E-state index < -0.39 is 0 Å². The van der Waals surface area contributed by atoms with Gasteiger partial charge in [0.2, 0.25) is 11.1 Å². The molecule has 3 N–H and O–H groups in total. The monoisotopic (exact) mass is 532 g/mol. The molecule has 152 valence electrons. The van der Waals surface area contributed by atoms with Crippen LogP contribution >= 0.6 is 28.6 Å². The molecule has 4 aromatic heterocycles. The molecular formula is C18H17IN10S. The molecule has 0 aromatic carbocycles. The minimum Gasteiger partial charge on any atom is -0.368 e. The molecule has 0 unspecified atom stereocenters. The third kappa shape index (κ3) is 3.45. The van der Waals surface area contributed by atoms with E-state index in [2.05, 4.69) is 39.5 Å². The van der Waals surface area contributed by atoms with Crippen molar-refractivity contribution in [2.75, 3.05) is 17.2 Å². The summed E-state index contributed by atoms with van der Waals surface area (Å²) >= 11 is -0.329. The Kier molecular flexibility index (Phi) is 4.94. The van der Waals surface area contributed by atoms with Crippen LogP contribution in [-0.2, 0) is 7.05 Å². The second kappa shape index (κ2) is 7.75. The van der Waals surface area contributed by atoms with Crippen molar-refractivity contribution in [3.8, 4) is 22.4 Å². The van der Waals surface area contributed by atoms with Crippen LogP contribution in [0.4, 0.5) is 11.8 Å². The van der Waals surface area contributed by atoms with Crippen LogP contribution in [0, 0.1) is 0 Å². The molecule has 0 saturated carbocycles. The predicted octanol–water partition coefficient (Wildman–Crippen LogP) is 3.92. The molecule has 0 spiro atoms. The number of nitrogens with zero attached hydrogens (tertiary/aromatic N) is 8. The lowest BCUT2D eigenvalue weighted by Crippen LogP contribution is -2.28. The summed E-state index contributed by atoms with van der Waals surface area (Å²) in [4.78, 5) is 18.7. The Bertz CT molecular complexity index is 1310. The summed E-state index contributed by atoms with van der Waals surface area (Å²) < 4.78 is 5.93. The number of amidine groups is 1. The molecule has 0 radical (unpaired) electrons. The summed E-state index contributed by atoms with van der Waals surface area (Å²) in [6.07, 6.45) is 7.51. The van der Waals surface area contributed by atoms with E-state index in [1.807, 2.05) is 49.7 Å². The van der Waals surface area contributed by atoms with Crippen LogP contribution in [0.1, 0.15) is 6.92 Å². The minimum absolute atomic E-state index is 0.210. The van der Waals surface area contributed by atoms with E-state index in [1.165, 1.54) is 0 Å². The van der Waals surface area contributed by atoms with Gasteiger partial charge in [-0.15, -0.1) is 8.36 Å². The van der Waals surface area contributed by atoms with Crippen LogP contribution in [-0.4, -0.2) is 41.4 Å². The van der Waals surface area contributed by atoms with Gasteiger partial charge in [-0.3, -0.25) is 4.68 Å². The third-order valence-electron chi connectivity index (χ3n) is 4.66. The molecule has 1 aliphatic rings. The van der Waals surface area contributed by atoms with E-state index in [0.29, 0.717) is 12.4 Å². The fourth-order valence-corrected chi connectivity index (χ4v) is 6.16. The van der Waals surface area contributed by atoms with E-state index in [-0.39, 0.29) is 25.6 Å². The normalized spacial score (nSPS) is 13.5. The minimum atomic E-state index is -0.329. The molecule has 0 amide bonds. The number of halogens is 1. The summed E-state index contributed by atoms with van der Waals surface area (Å²) in [5.74, 6) is 0.917. The SMILES string of the molecule is CCN(C1=NN=IS1)c1cc(-c2c[nH]c3ncc(-c4cnn(C)c4)cc23)nc(N)n1. The third-order valence-corrected chi connectivity index (χ3v) is 7.74. The number of anilines is 2. The van der Waals surface area contributed by atoms with Gasteiger partial charge in [0.05, 0.1) is 11.9 Å². The number of aromatic nitrogens is 6. The highest BCUT2D eigenvalue weighted by Crippen LogP contribution is 2.35. The molecule has 12 heteroatoms. The second-order valence-electron chi connectivity index (χ2n) is 6.54. The molecule has 1 aliphatic heterocycles. The average Bonchev–Trinajstić information content (AvgIpc) is 3.48. The lowest BCUT2D eigenvalue weighted by atomic mass is 10.1. The summed E-state index contributed by atoms with van der Waals surface area (Å²) in [5, 5.41) is 10.3. The number of fused-ring (bicyclic) bond motifs is 1. The first-order chi connectivity index (χ1) is 14.6. The van der Waals surface area contributed by atoms with Gasteiger partial charge < -0.3 is 15.6 Å².